The molecule has 0 saturated carbocycles. The van der Waals surface area contributed by atoms with Crippen LogP contribution in [0, 0.1) is 0 Å². The van der Waals surface area contributed by atoms with Gasteiger partial charge in [-0.15, -0.1) is 11.3 Å². The van der Waals surface area contributed by atoms with Gasteiger partial charge in [0.05, 0.1) is 11.4 Å². The average molecular weight is 348 g/mol. The van der Waals surface area contributed by atoms with Crippen LogP contribution in [0.4, 0.5) is 0 Å². The Labute approximate surface area is 144 Å². The fourth-order valence-electron chi connectivity index (χ4n) is 2.81. The van der Waals surface area contributed by atoms with E-state index in [1.54, 1.807) is 4.90 Å². The number of carbonyl (C=O) groups is 2. The zero-order valence-electron chi connectivity index (χ0n) is 13.5. The van der Waals surface area contributed by atoms with E-state index in [9.17, 15) is 9.59 Å². The van der Waals surface area contributed by atoms with Gasteiger partial charge in [-0.1, -0.05) is 18.1 Å². The number of likely N-dealkylation sites (tertiary alicyclic amines) is 1. The first kappa shape index (κ1) is 16.6. The molecule has 0 radical (unpaired) electrons. The molecule has 2 amide bonds. The number of hydrogen-bond acceptors (Lipinski definition) is 6. The van der Waals surface area contributed by atoms with Crippen LogP contribution >= 0.6 is 11.3 Å². The molecule has 1 unspecified atom stereocenters. The van der Waals surface area contributed by atoms with Gasteiger partial charge in [-0.25, -0.2) is 0 Å². The Morgan fingerprint density at radius 1 is 1.50 bits per heavy atom. The van der Waals surface area contributed by atoms with Crippen molar-refractivity contribution >= 4 is 23.2 Å². The lowest BCUT2D eigenvalue weighted by atomic mass is 10.2. The fraction of sp³-hybridized carbons (Fsp3) is 0.500. The maximum atomic E-state index is 12.4. The molecular weight excluding hydrogens is 328 g/mol. The summed E-state index contributed by atoms with van der Waals surface area (Å²) < 4.78 is 5.19. The number of nitrogens with one attached hydrogen (secondary N) is 1. The van der Waals surface area contributed by atoms with E-state index in [0.717, 1.165) is 17.7 Å². The summed E-state index contributed by atoms with van der Waals surface area (Å²) in [6.07, 6.45) is 2.84. The zero-order chi connectivity index (χ0) is 16.9. The minimum atomic E-state index is -0.382. The second kappa shape index (κ2) is 7.57. The topological polar surface area (TPSA) is 88.3 Å². The molecule has 1 aliphatic heterocycles. The molecule has 0 aromatic carbocycles. The molecule has 1 aliphatic rings. The third-order valence-electron chi connectivity index (χ3n) is 3.96. The summed E-state index contributed by atoms with van der Waals surface area (Å²) in [5.41, 5.74) is 0. The highest BCUT2D eigenvalue weighted by Gasteiger charge is 2.33. The second-order valence-corrected chi connectivity index (χ2v) is 6.65. The summed E-state index contributed by atoms with van der Waals surface area (Å²) in [5.74, 6) is 0.778. The Kier molecular flexibility index (Phi) is 5.24. The molecule has 3 heterocycles. The minimum Gasteiger partial charge on any atom is -0.347 e. The summed E-state index contributed by atoms with van der Waals surface area (Å²) in [5, 5.41) is 8.63. The average Bonchev–Trinajstić information content (AvgIpc) is 3.33. The van der Waals surface area contributed by atoms with Crippen molar-refractivity contribution in [2.45, 2.75) is 45.2 Å². The number of hydrogen-bond donors (Lipinski definition) is 1. The molecule has 1 N–H and O–H groups in total. The first-order valence-corrected chi connectivity index (χ1v) is 9.00. The largest absolute Gasteiger partial charge is 0.347 e. The Morgan fingerprint density at radius 3 is 3.12 bits per heavy atom. The molecule has 7 nitrogen and oxygen atoms in total. The van der Waals surface area contributed by atoms with Crippen LogP contribution in [0.5, 0.6) is 0 Å². The highest BCUT2D eigenvalue weighted by molar-refractivity contribution is 7.13. The van der Waals surface area contributed by atoms with E-state index < -0.39 is 0 Å². The number of rotatable bonds is 6. The van der Waals surface area contributed by atoms with E-state index in [-0.39, 0.29) is 24.4 Å². The van der Waals surface area contributed by atoms with E-state index >= 15 is 0 Å². The Hall–Kier alpha value is -2.22. The third-order valence-corrected chi connectivity index (χ3v) is 4.82. The number of amides is 2. The highest BCUT2D eigenvalue weighted by Crippen LogP contribution is 2.22. The van der Waals surface area contributed by atoms with E-state index in [0.29, 0.717) is 31.1 Å². The summed E-state index contributed by atoms with van der Waals surface area (Å²) in [7, 11) is 0. The number of thiophene rings is 1. The molecular formula is C16H20N4O3S. The summed E-state index contributed by atoms with van der Waals surface area (Å²) in [6, 6.07) is 3.43. The number of carbonyl (C=O) groups excluding carboxylic acids is 2. The monoisotopic (exact) mass is 348 g/mol. The van der Waals surface area contributed by atoms with Crippen molar-refractivity contribution in [3.8, 4) is 10.8 Å². The molecule has 1 atom stereocenters. The van der Waals surface area contributed by atoms with Crippen molar-refractivity contribution in [1.29, 1.82) is 0 Å². The van der Waals surface area contributed by atoms with Crippen LogP contribution in [0.25, 0.3) is 10.8 Å². The molecule has 0 bridgehead atoms. The molecule has 24 heavy (non-hydrogen) atoms. The van der Waals surface area contributed by atoms with Gasteiger partial charge in [0.2, 0.25) is 11.8 Å². The molecule has 2 aromatic heterocycles. The molecule has 2 aromatic rings. The molecule has 128 valence electrons. The van der Waals surface area contributed by atoms with Crippen molar-refractivity contribution in [1.82, 2.24) is 20.4 Å². The maximum Gasteiger partial charge on any atom is 0.268 e. The Bertz CT molecular complexity index is 698. The smallest absolute Gasteiger partial charge is 0.268 e. The van der Waals surface area contributed by atoms with Crippen LogP contribution in [0.2, 0.25) is 0 Å². The van der Waals surface area contributed by atoms with Crippen molar-refractivity contribution in [3.63, 3.8) is 0 Å². The normalized spacial score (nSPS) is 17.2. The standard InChI is InChI=1S/C16H20N4O3S/c1-2-5-14(21)20-8-3-6-11(20)15(22)17-10-13-18-16(23-19-13)12-7-4-9-24-12/h4,7,9,11H,2-3,5-6,8,10H2,1H3,(H,17,22). The van der Waals surface area contributed by atoms with Crippen molar-refractivity contribution < 1.29 is 14.1 Å². The van der Waals surface area contributed by atoms with E-state index in [4.69, 9.17) is 4.52 Å². The zero-order valence-corrected chi connectivity index (χ0v) is 14.3. The van der Waals surface area contributed by atoms with Crippen LogP contribution in [-0.2, 0) is 16.1 Å². The van der Waals surface area contributed by atoms with Gasteiger partial charge in [-0.05, 0) is 30.7 Å². The molecule has 3 rings (SSSR count). The SMILES string of the molecule is CCCC(=O)N1CCCC1C(=O)NCc1noc(-c2cccs2)n1. The highest BCUT2D eigenvalue weighted by atomic mass is 32.1. The van der Waals surface area contributed by atoms with Gasteiger partial charge >= 0.3 is 0 Å². The first-order valence-electron chi connectivity index (χ1n) is 8.12. The van der Waals surface area contributed by atoms with Gasteiger partial charge in [-0.2, -0.15) is 4.98 Å². The van der Waals surface area contributed by atoms with Gasteiger partial charge in [0.25, 0.3) is 5.89 Å². The molecule has 8 heteroatoms. The maximum absolute atomic E-state index is 12.4. The Balaban J connectivity index is 1.56. The summed E-state index contributed by atoms with van der Waals surface area (Å²) >= 11 is 1.51. The minimum absolute atomic E-state index is 0.0506. The van der Waals surface area contributed by atoms with Crippen LogP contribution in [0.1, 0.15) is 38.4 Å². The number of aromatic nitrogens is 2. The quantitative estimate of drug-likeness (QED) is 0.864. The van der Waals surface area contributed by atoms with E-state index in [1.807, 2.05) is 24.4 Å². The first-order chi connectivity index (χ1) is 11.7. The fourth-order valence-corrected chi connectivity index (χ4v) is 3.45. The van der Waals surface area contributed by atoms with Crippen molar-refractivity contribution in [2.75, 3.05) is 6.54 Å². The van der Waals surface area contributed by atoms with Crippen LogP contribution < -0.4 is 5.32 Å². The van der Waals surface area contributed by atoms with Gasteiger partial charge < -0.3 is 14.7 Å². The molecule has 1 fully saturated rings. The van der Waals surface area contributed by atoms with Crippen LogP contribution in [-0.4, -0.2) is 39.4 Å². The summed E-state index contributed by atoms with van der Waals surface area (Å²) in [4.78, 5) is 31.3. The lowest BCUT2D eigenvalue weighted by Crippen LogP contribution is -2.45. The number of nitrogens with zero attached hydrogens (tertiary/aromatic N) is 3. The molecule has 0 aliphatic carbocycles. The van der Waals surface area contributed by atoms with Gasteiger partial charge in [0, 0.05) is 13.0 Å². The lowest BCUT2D eigenvalue weighted by Gasteiger charge is -2.23. The van der Waals surface area contributed by atoms with E-state index in [1.165, 1.54) is 11.3 Å². The van der Waals surface area contributed by atoms with Gasteiger partial charge in [-0.3, -0.25) is 9.59 Å². The van der Waals surface area contributed by atoms with Crippen molar-refractivity contribution in [2.24, 2.45) is 0 Å². The van der Waals surface area contributed by atoms with Crippen LogP contribution in [0.3, 0.4) is 0 Å². The lowest BCUT2D eigenvalue weighted by molar-refractivity contribution is -0.138. The van der Waals surface area contributed by atoms with Gasteiger partial charge in [0.15, 0.2) is 5.82 Å². The van der Waals surface area contributed by atoms with Crippen LogP contribution in [0.15, 0.2) is 22.0 Å². The Morgan fingerprint density at radius 2 is 2.38 bits per heavy atom. The van der Waals surface area contributed by atoms with E-state index in [2.05, 4.69) is 15.5 Å². The summed E-state index contributed by atoms with van der Waals surface area (Å²) in [6.45, 7) is 2.81. The van der Waals surface area contributed by atoms with Crippen molar-refractivity contribution in [3.05, 3.63) is 23.3 Å². The molecule has 0 spiro atoms. The third kappa shape index (κ3) is 3.64. The predicted molar refractivity (Wildman–Crippen MR) is 89.1 cm³/mol. The van der Waals surface area contributed by atoms with Gasteiger partial charge in [0.1, 0.15) is 6.04 Å². The molecule has 1 saturated heterocycles. The predicted octanol–water partition coefficient (Wildman–Crippen LogP) is 2.21. The second-order valence-electron chi connectivity index (χ2n) is 5.71.